The van der Waals surface area contributed by atoms with Gasteiger partial charge in [-0.05, 0) is 24.1 Å². The molecule has 1 atom stereocenters. The molecule has 0 bridgehead atoms. The predicted octanol–water partition coefficient (Wildman–Crippen LogP) is 0.418. The third-order valence-corrected chi connectivity index (χ3v) is 2.50. The molecule has 2 rings (SSSR count). The minimum Gasteiger partial charge on any atom is -0.479 e. The van der Waals surface area contributed by atoms with Crippen molar-refractivity contribution in [1.29, 1.82) is 0 Å². The van der Waals surface area contributed by atoms with Gasteiger partial charge in [-0.1, -0.05) is 6.07 Å². The lowest BCUT2D eigenvalue weighted by Crippen LogP contribution is -2.21. The van der Waals surface area contributed by atoms with Crippen molar-refractivity contribution in [3.05, 3.63) is 33.8 Å². The number of nitrogens with one attached hydrogen (secondary N) is 1. The van der Waals surface area contributed by atoms with Crippen molar-refractivity contribution < 1.29 is 19.4 Å². The maximum Gasteiger partial charge on any atom is 0.417 e. The molecule has 6 heteroatoms. The van der Waals surface area contributed by atoms with Crippen LogP contribution in [0.3, 0.4) is 0 Å². The molecule has 0 saturated carbocycles. The average molecular weight is 237 g/mol. The summed E-state index contributed by atoms with van der Waals surface area (Å²) in [5.41, 5.74) is 2.32. The van der Waals surface area contributed by atoms with Gasteiger partial charge >= 0.3 is 11.7 Å². The molecule has 0 radical (unpaired) electrons. The fourth-order valence-corrected chi connectivity index (χ4v) is 1.72. The number of carboxylic acids is 1. The van der Waals surface area contributed by atoms with Gasteiger partial charge in [0.25, 0.3) is 0 Å². The maximum absolute atomic E-state index is 11.0. The van der Waals surface area contributed by atoms with E-state index in [0.29, 0.717) is 16.7 Å². The zero-order chi connectivity index (χ0) is 12.6. The number of aryl methyl sites for hydroxylation is 1. The van der Waals surface area contributed by atoms with Crippen LogP contribution in [0.25, 0.3) is 11.1 Å². The molecule has 0 fully saturated rings. The van der Waals surface area contributed by atoms with Gasteiger partial charge in [0, 0.05) is 6.42 Å². The predicted molar refractivity (Wildman–Crippen MR) is 58.9 cm³/mol. The number of carboxylic acid groups (broad SMARTS) is 1. The first-order valence-corrected chi connectivity index (χ1v) is 5.00. The fourth-order valence-electron chi connectivity index (χ4n) is 1.72. The number of benzene rings is 1. The highest BCUT2D eigenvalue weighted by atomic mass is 16.4. The van der Waals surface area contributed by atoms with Crippen LogP contribution in [0.1, 0.15) is 11.1 Å². The number of oxazole rings is 1. The van der Waals surface area contributed by atoms with E-state index < -0.39 is 17.8 Å². The third kappa shape index (κ3) is 2.21. The number of H-pyrrole nitrogens is 1. The van der Waals surface area contributed by atoms with Crippen molar-refractivity contribution in [2.45, 2.75) is 19.4 Å². The molecule has 17 heavy (non-hydrogen) atoms. The summed E-state index contributed by atoms with van der Waals surface area (Å²) in [5.74, 6) is -1.84. The summed E-state index contributed by atoms with van der Waals surface area (Å²) in [7, 11) is 0. The minimum absolute atomic E-state index is 0.0268. The number of rotatable bonds is 3. The Morgan fingerprint density at radius 2 is 2.24 bits per heavy atom. The summed E-state index contributed by atoms with van der Waals surface area (Å²) >= 11 is 0. The van der Waals surface area contributed by atoms with E-state index in [2.05, 4.69) is 4.98 Å². The van der Waals surface area contributed by atoms with E-state index in [-0.39, 0.29) is 6.42 Å². The van der Waals surface area contributed by atoms with Crippen LogP contribution in [0.5, 0.6) is 0 Å². The number of hydrogen-bond donors (Lipinski definition) is 3. The van der Waals surface area contributed by atoms with Crippen molar-refractivity contribution in [3.63, 3.8) is 0 Å². The van der Waals surface area contributed by atoms with Crippen molar-refractivity contribution in [1.82, 2.24) is 4.98 Å². The molecule has 0 amide bonds. The first-order chi connectivity index (χ1) is 7.97. The number of aromatic nitrogens is 1. The van der Waals surface area contributed by atoms with Crippen LogP contribution in [0, 0.1) is 6.92 Å². The van der Waals surface area contributed by atoms with E-state index in [4.69, 9.17) is 9.52 Å². The Hall–Kier alpha value is -2.08. The van der Waals surface area contributed by atoms with E-state index in [1.807, 2.05) is 0 Å². The number of carbonyl (C=O) groups is 1. The van der Waals surface area contributed by atoms with Crippen molar-refractivity contribution in [2.24, 2.45) is 0 Å². The molecule has 0 aliphatic carbocycles. The molecule has 1 heterocycles. The molecular formula is C11H11NO5. The molecule has 1 unspecified atom stereocenters. The lowest BCUT2D eigenvalue weighted by molar-refractivity contribution is -0.146. The number of hydrogen-bond acceptors (Lipinski definition) is 4. The molecule has 2 aromatic rings. The lowest BCUT2D eigenvalue weighted by atomic mass is 10.0. The van der Waals surface area contributed by atoms with E-state index in [1.54, 1.807) is 19.1 Å². The molecule has 3 N–H and O–H groups in total. The van der Waals surface area contributed by atoms with Gasteiger partial charge in [-0.15, -0.1) is 0 Å². The summed E-state index contributed by atoms with van der Waals surface area (Å²) in [6, 6.07) is 3.26. The van der Waals surface area contributed by atoms with Crippen LogP contribution in [-0.2, 0) is 11.2 Å². The number of aliphatic carboxylic acids is 1. The van der Waals surface area contributed by atoms with Gasteiger partial charge in [0.1, 0.15) is 0 Å². The number of aliphatic hydroxyl groups is 1. The van der Waals surface area contributed by atoms with Crippen LogP contribution in [0.15, 0.2) is 21.3 Å². The van der Waals surface area contributed by atoms with Gasteiger partial charge in [-0.25, -0.2) is 9.59 Å². The third-order valence-electron chi connectivity index (χ3n) is 2.50. The van der Waals surface area contributed by atoms with E-state index in [1.165, 1.54) is 0 Å². The molecule has 0 aliphatic heterocycles. The molecule has 0 spiro atoms. The largest absolute Gasteiger partial charge is 0.479 e. The first-order valence-electron chi connectivity index (χ1n) is 5.00. The molecule has 0 aliphatic rings. The van der Waals surface area contributed by atoms with Crippen LogP contribution >= 0.6 is 0 Å². The van der Waals surface area contributed by atoms with Crippen LogP contribution in [0.4, 0.5) is 0 Å². The number of fused-ring (bicyclic) bond motifs is 1. The Morgan fingerprint density at radius 1 is 1.53 bits per heavy atom. The Balaban J connectivity index is 2.42. The second-order valence-electron chi connectivity index (χ2n) is 3.86. The summed E-state index contributed by atoms with van der Waals surface area (Å²) in [6.07, 6.45) is -1.49. The van der Waals surface area contributed by atoms with Gasteiger partial charge < -0.3 is 14.6 Å². The lowest BCUT2D eigenvalue weighted by Gasteiger charge is -2.06. The molecule has 1 aromatic heterocycles. The van der Waals surface area contributed by atoms with Crippen LogP contribution in [0.2, 0.25) is 0 Å². The quantitative estimate of drug-likeness (QED) is 0.717. The van der Waals surface area contributed by atoms with E-state index in [9.17, 15) is 14.7 Å². The van der Waals surface area contributed by atoms with E-state index in [0.717, 1.165) is 5.56 Å². The number of aliphatic hydroxyl groups excluding tert-OH is 1. The monoisotopic (exact) mass is 237 g/mol. The Labute approximate surface area is 95.5 Å². The minimum atomic E-state index is -1.46. The fraction of sp³-hybridized carbons (Fsp3) is 0.273. The Morgan fingerprint density at radius 3 is 2.88 bits per heavy atom. The summed E-state index contributed by atoms with van der Waals surface area (Å²) in [4.78, 5) is 24.1. The van der Waals surface area contributed by atoms with Crippen molar-refractivity contribution in [3.8, 4) is 0 Å². The van der Waals surface area contributed by atoms with E-state index >= 15 is 0 Å². The highest BCUT2D eigenvalue weighted by molar-refractivity contribution is 5.77. The second kappa shape index (κ2) is 4.06. The summed E-state index contributed by atoms with van der Waals surface area (Å²) in [6.45, 7) is 1.77. The SMILES string of the molecule is Cc1cc(CC(O)C(=O)O)cc2oc(=O)[nH]c12. The van der Waals surface area contributed by atoms with Gasteiger partial charge in [-0.3, -0.25) is 4.98 Å². The van der Waals surface area contributed by atoms with Gasteiger partial charge in [-0.2, -0.15) is 0 Å². The Kier molecular flexibility index (Phi) is 2.72. The molecule has 0 saturated heterocycles. The van der Waals surface area contributed by atoms with Crippen molar-refractivity contribution in [2.75, 3.05) is 0 Å². The molecule has 90 valence electrons. The normalized spacial score (nSPS) is 12.8. The Bertz CT molecular complexity index is 624. The first kappa shape index (κ1) is 11.4. The molecular weight excluding hydrogens is 226 g/mol. The molecule has 6 nitrogen and oxygen atoms in total. The van der Waals surface area contributed by atoms with Crippen LogP contribution in [-0.4, -0.2) is 27.3 Å². The highest BCUT2D eigenvalue weighted by Crippen LogP contribution is 2.18. The topological polar surface area (TPSA) is 104 Å². The van der Waals surface area contributed by atoms with Crippen molar-refractivity contribution >= 4 is 17.1 Å². The van der Waals surface area contributed by atoms with Gasteiger partial charge in [0.2, 0.25) is 0 Å². The zero-order valence-corrected chi connectivity index (χ0v) is 9.06. The highest BCUT2D eigenvalue weighted by Gasteiger charge is 2.15. The summed E-state index contributed by atoms with van der Waals surface area (Å²) in [5, 5.41) is 17.8. The van der Waals surface area contributed by atoms with Gasteiger partial charge in [0.05, 0.1) is 5.52 Å². The smallest absolute Gasteiger partial charge is 0.417 e. The number of aromatic amines is 1. The van der Waals surface area contributed by atoms with Crippen LogP contribution < -0.4 is 5.76 Å². The maximum atomic E-state index is 11.0. The molecule has 1 aromatic carbocycles. The average Bonchev–Trinajstić information content (AvgIpc) is 2.59. The standard InChI is InChI=1S/C11H11NO5/c1-5-2-6(3-7(13)10(14)15)4-8-9(5)12-11(16)17-8/h2,4,7,13H,3H2,1H3,(H,12,16)(H,14,15). The second-order valence-corrected chi connectivity index (χ2v) is 3.86. The summed E-state index contributed by atoms with van der Waals surface area (Å²) < 4.78 is 4.89. The van der Waals surface area contributed by atoms with Gasteiger partial charge in [0.15, 0.2) is 11.7 Å². The zero-order valence-electron chi connectivity index (χ0n) is 9.06.